The van der Waals surface area contributed by atoms with E-state index in [0.29, 0.717) is 6.61 Å². The van der Waals surface area contributed by atoms with Gasteiger partial charge in [-0.1, -0.05) is 41.1 Å². The zero-order valence-electron chi connectivity index (χ0n) is 21.8. The van der Waals surface area contributed by atoms with E-state index in [4.69, 9.17) is 28.8 Å². The van der Waals surface area contributed by atoms with Gasteiger partial charge in [0, 0.05) is 31.9 Å². The van der Waals surface area contributed by atoms with Crippen LogP contribution in [0, 0.1) is 6.92 Å². The second-order valence-corrected chi connectivity index (χ2v) is 9.23. The normalized spacial score (nSPS) is 24.3. The van der Waals surface area contributed by atoms with Crippen LogP contribution in [-0.2, 0) is 23.8 Å². The molecular weight excluding hydrogens is 470 g/mol. The molecule has 0 saturated carbocycles. The first-order chi connectivity index (χ1) is 18.0. The van der Waals surface area contributed by atoms with Gasteiger partial charge in [-0.25, -0.2) is 4.98 Å². The quantitative estimate of drug-likeness (QED) is 0.248. The van der Waals surface area contributed by atoms with Gasteiger partial charge in [0.15, 0.2) is 6.10 Å². The first kappa shape index (κ1) is 25.4. The predicted molar refractivity (Wildman–Crippen MR) is 143 cm³/mol. The lowest BCUT2D eigenvalue weighted by atomic mass is 9.99. The van der Waals surface area contributed by atoms with Gasteiger partial charge in [-0.15, -0.1) is 0 Å². The number of nitrogens with zero attached hydrogens (tertiary/aromatic N) is 3. The molecular formula is C29H33N3O5. The van der Waals surface area contributed by atoms with Crippen LogP contribution in [0.1, 0.15) is 25.0 Å². The molecule has 194 valence electrons. The fourth-order valence-corrected chi connectivity index (χ4v) is 4.98. The molecule has 0 N–H and O–H groups in total. The lowest BCUT2D eigenvalue weighted by Crippen LogP contribution is -2.59. The largest absolute Gasteiger partial charge is 0.376 e. The molecule has 0 bridgehead atoms. The number of oxime groups is 1. The van der Waals surface area contributed by atoms with Crippen LogP contribution >= 0.6 is 0 Å². The fraction of sp³-hybridized carbons (Fsp3) is 0.379. The van der Waals surface area contributed by atoms with E-state index >= 15 is 0 Å². The van der Waals surface area contributed by atoms with Crippen molar-refractivity contribution in [2.45, 2.75) is 51.5 Å². The molecule has 0 spiro atoms. The number of fused-ring (bicyclic) bond motifs is 3. The van der Waals surface area contributed by atoms with Gasteiger partial charge in [0.05, 0.1) is 23.4 Å². The maximum Gasteiger partial charge on any atom is 0.256 e. The molecule has 3 aromatic carbocycles. The lowest BCUT2D eigenvalue weighted by Gasteiger charge is -2.42. The van der Waals surface area contributed by atoms with Crippen LogP contribution < -0.4 is 0 Å². The first-order valence-electron chi connectivity index (χ1n) is 12.5. The van der Waals surface area contributed by atoms with Gasteiger partial charge in [-0.3, -0.25) is 4.57 Å². The van der Waals surface area contributed by atoms with Gasteiger partial charge in [0.2, 0.25) is 0 Å². The van der Waals surface area contributed by atoms with E-state index in [2.05, 4.69) is 65.2 Å². The molecule has 1 saturated heterocycles. The molecule has 1 aliphatic heterocycles. The number of ether oxygens (including phenoxy) is 4. The highest BCUT2D eigenvalue weighted by molar-refractivity contribution is 6.06. The van der Waals surface area contributed by atoms with Crippen LogP contribution in [0.15, 0.2) is 66.1 Å². The molecule has 1 aromatic heterocycles. The standard InChI is InChI=1S/C29H33N3O5/c1-6-35-27-26(33-4)19(3)36-29(28(27)34-5)37-31-16-20-9-13-23-21(15-20)10-14-24-25(23)30-17-32(24)22-11-7-18(2)8-12-22/h7-17,19,26-29H,6H2,1-5H3/t19-,26-,27+,28+,29-/m0/s1. The number of hydrogen-bond donors (Lipinski definition) is 0. The number of aromatic nitrogens is 2. The summed E-state index contributed by atoms with van der Waals surface area (Å²) < 4.78 is 25.3. The minimum atomic E-state index is -0.718. The third-order valence-electron chi connectivity index (χ3n) is 6.87. The average Bonchev–Trinajstić information content (AvgIpc) is 3.34. The van der Waals surface area contributed by atoms with Crippen molar-refractivity contribution in [3.05, 3.63) is 72.1 Å². The molecule has 0 amide bonds. The molecule has 0 radical (unpaired) electrons. The van der Waals surface area contributed by atoms with Crippen molar-refractivity contribution in [1.82, 2.24) is 9.55 Å². The summed E-state index contributed by atoms with van der Waals surface area (Å²) >= 11 is 0. The summed E-state index contributed by atoms with van der Waals surface area (Å²) in [6.07, 6.45) is 1.52. The van der Waals surface area contributed by atoms with Crippen LogP contribution in [0.4, 0.5) is 0 Å². The van der Waals surface area contributed by atoms with Crippen LogP contribution in [-0.4, -0.2) is 67.3 Å². The Balaban J connectivity index is 1.35. The monoisotopic (exact) mass is 503 g/mol. The predicted octanol–water partition coefficient (Wildman–Crippen LogP) is 5.02. The molecule has 37 heavy (non-hydrogen) atoms. The van der Waals surface area contributed by atoms with Crippen LogP contribution in [0.5, 0.6) is 0 Å². The Labute approximate surface area is 216 Å². The summed E-state index contributed by atoms with van der Waals surface area (Å²) in [6.45, 7) is 6.48. The van der Waals surface area contributed by atoms with E-state index in [0.717, 1.165) is 33.1 Å². The van der Waals surface area contributed by atoms with Gasteiger partial charge >= 0.3 is 0 Å². The zero-order valence-corrected chi connectivity index (χ0v) is 21.8. The molecule has 5 atom stereocenters. The number of aryl methyl sites for hydroxylation is 1. The van der Waals surface area contributed by atoms with Crippen molar-refractivity contribution in [3.8, 4) is 5.69 Å². The molecule has 4 aromatic rings. The Morgan fingerprint density at radius 3 is 2.51 bits per heavy atom. The van der Waals surface area contributed by atoms with Crippen molar-refractivity contribution in [2.24, 2.45) is 5.16 Å². The van der Waals surface area contributed by atoms with Crippen molar-refractivity contribution in [3.63, 3.8) is 0 Å². The fourth-order valence-electron chi connectivity index (χ4n) is 4.98. The van der Waals surface area contributed by atoms with E-state index in [1.807, 2.05) is 26.2 Å². The Hall–Kier alpha value is -3.30. The van der Waals surface area contributed by atoms with Crippen molar-refractivity contribution in [2.75, 3.05) is 20.8 Å². The molecule has 1 fully saturated rings. The van der Waals surface area contributed by atoms with Gasteiger partial charge in [-0.2, -0.15) is 0 Å². The first-order valence-corrected chi connectivity index (χ1v) is 12.5. The molecule has 0 unspecified atom stereocenters. The summed E-state index contributed by atoms with van der Waals surface area (Å²) in [5.41, 5.74) is 5.24. The minimum absolute atomic E-state index is 0.240. The van der Waals surface area contributed by atoms with E-state index < -0.39 is 12.4 Å². The highest BCUT2D eigenvalue weighted by Gasteiger charge is 2.47. The maximum absolute atomic E-state index is 5.99. The molecule has 2 heterocycles. The molecule has 5 rings (SSSR count). The summed E-state index contributed by atoms with van der Waals surface area (Å²) in [4.78, 5) is 10.5. The molecule has 8 nitrogen and oxygen atoms in total. The number of benzene rings is 3. The molecule has 8 heteroatoms. The summed E-state index contributed by atoms with van der Waals surface area (Å²) in [5, 5.41) is 6.37. The van der Waals surface area contributed by atoms with Crippen LogP contribution in [0.2, 0.25) is 0 Å². The number of hydrogen-bond acceptors (Lipinski definition) is 7. The van der Waals surface area contributed by atoms with Crippen molar-refractivity contribution >= 4 is 28.0 Å². The topological polar surface area (TPSA) is 76.3 Å². The summed E-state index contributed by atoms with van der Waals surface area (Å²) in [7, 11) is 3.25. The number of rotatable bonds is 8. The smallest absolute Gasteiger partial charge is 0.256 e. The lowest BCUT2D eigenvalue weighted by molar-refractivity contribution is -0.308. The average molecular weight is 504 g/mol. The van der Waals surface area contributed by atoms with E-state index in [1.165, 1.54) is 5.56 Å². The number of methoxy groups -OCH3 is 2. The van der Waals surface area contributed by atoms with Crippen molar-refractivity contribution in [1.29, 1.82) is 0 Å². The highest BCUT2D eigenvalue weighted by Crippen LogP contribution is 2.29. The van der Waals surface area contributed by atoms with E-state index in [1.54, 1.807) is 20.4 Å². The van der Waals surface area contributed by atoms with E-state index in [-0.39, 0.29) is 18.3 Å². The minimum Gasteiger partial charge on any atom is -0.376 e. The SMILES string of the molecule is CCO[C@@H]1[C@@H](OC)[C@H](C)O[C@@H](ON=Cc2ccc3c(ccc4c3ncn4-c3ccc(C)cc3)c2)[C@@H]1OC. The third kappa shape index (κ3) is 4.98. The number of imidazole rings is 1. The highest BCUT2D eigenvalue weighted by atomic mass is 16.8. The van der Waals surface area contributed by atoms with Gasteiger partial charge in [0.1, 0.15) is 18.5 Å². The Morgan fingerprint density at radius 1 is 1.00 bits per heavy atom. The summed E-state index contributed by atoms with van der Waals surface area (Å²) in [6, 6.07) is 18.8. The third-order valence-corrected chi connectivity index (χ3v) is 6.87. The Kier molecular flexibility index (Phi) is 7.53. The van der Waals surface area contributed by atoms with Gasteiger partial charge < -0.3 is 23.8 Å². The zero-order chi connectivity index (χ0) is 25.9. The summed E-state index contributed by atoms with van der Waals surface area (Å²) in [5.74, 6) is 0. The van der Waals surface area contributed by atoms with Crippen LogP contribution in [0.3, 0.4) is 0 Å². The van der Waals surface area contributed by atoms with E-state index in [9.17, 15) is 0 Å². The maximum atomic E-state index is 5.99. The van der Waals surface area contributed by atoms with Gasteiger partial charge in [0.25, 0.3) is 6.29 Å². The Morgan fingerprint density at radius 2 is 1.78 bits per heavy atom. The van der Waals surface area contributed by atoms with Crippen LogP contribution in [0.25, 0.3) is 27.5 Å². The second-order valence-electron chi connectivity index (χ2n) is 9.23. The second kappa shape index (κ2) is 11.0. The van der Waals surface area contributed by atoms with Gasteiger partial charge in [-0.05, 0) is 56.0 Å². The Bertz CT molecular complexity index is 1380. The molecule has 1 aliphatic rings. The van der Waals surface area contributed by atoms with Crippen molar-refractivity contribution < 1.29 is 23.8 Å². The molecule has 0 aliphatic carbocycles.